The summed E-state index contributed by atoms with van der Waals surface area (Å²) in [4.78, 5) is 28.7. The van der Waals surface area contributed by atoms with Crippen molar-refractivity contribution >= 4 is 17.5 Å². The number of anilines is 1. The molecule has 0 aliphatic carbocycles. The lowest BCUT2D eigenvalue weighted by Gasteiger charge is -2.20. The Morgan fingerprint density at radius 1 is 0.962 bits per heavy atom. The molecule has 0 bridgehead atoms. The number of methoxy groups -OCH3 is 2. The molecular formula is C19H23N3O4. The molecule has 7 nitrogen and oxygen atoms in total. The molecule has 1 aromatic heterocycles. The maximum absolute atomic E-state index is 12.5. The van der Waals surface area contributed by atoms with Crippen molar-refractivity contribution in [1.82, 2.24) is 10.3 Å². The van der Waals surface area contributed by atoms with Gasteiger partial charge in [0.1, 0.15) is 5.69 Å². The van der Waals surface area contributed by atoms with Gasteiger partial charge in [-0.05, 0) is 45.0 Å². The van der Waals surface area contributed by atoms with E-state index in [9.17, 15) is 9.59 Å². The number of hydrogen-bond acceptors (Lipinski definition) is 5. The zero-order valence-electron chi connectivity index (χ0n) is 15.5. The third-order valence-corrected chi connectivity index (χ3v) is 3.38. The van der Waals surface area contributed by atoms with E-state index in [1.807, 2.05) is 20.8 Å². The zero-order valence-corrected chi connectivity index (χ0v) is 15.5. The summed E-state index contributed by atoms with van der Waals surface area (Å²) in [5.74, 6) is 0.365. The van der Waals surface area contributed by atoms with E-state index in [1.54, 1.807) is 24.3 Å². The monoisotopic (exact) mass is 357 g/mol. The molecule has 26 heavy (non-hydrogen) atoms. The highest BCUT2D eigenvalue weighted by Gasteiger charge is 2.17. The number of carbonyl (C=O) groups excluding carboxylic acids is 2. The molecular weight excluding hydrogens is 334 g/mol. The molecule has 2 aromatic rings. The number of aromatic nitrogens is 1. The first-order valence-electron chi connectivity index (χ1n) is 8.05. The van der Waals surface area contributed by atoms with E-state index in [0.29, 0.717) is 22.7 Å². The van der Waals surface area contributed by atoms with E-state index in [4.69, 9.17) is 9.47 Å². The first kappa shape index (κ1) is 19.2. The molecule has 0 saturated carbocycles. The predicted octanol–water partition coefficient (Wildman–Crippen LogP) is 2.88. The predicted molar refractivity (Wildman–Crippen MR) is 99.0 cm³/mol. The van der Waals surface area contributed by atoms with Crippen molar-refractivity contribution in [3.63, 3.8) is 0 Å². The van der Waals surface area contributed by atoms with Gasteiger partial charge < -0.3 is 20.1 Å². The van der Waals surface area contributed by atoms with E-state index in [1.165, 1.54) is 26.5 Å². The van der Waals surface area contributed by atoms with Crippen LogP contribution in [0.25, 0.3) is 0 Å². The van der Waals surface area contributed by atoms with Crippen LogP contribution in [0.3, 0.4) is 0 Å². The second-order valence-electron chi connectivity index (χ2n) is 6.66. The van der Waals surface area contributed by atoms with Crippen molar-refractivity contribution in [1.29, 1.82) is 0 Å². The maximum Gasteiger partial charge on any atom is 0.274 e. The fourth-order valence-corrected chi connectivity index (χ4v) is 2.22. The van der Waals surface area contributed by atoms with Gasteiger partial charge in [-0.3, -0.25) is 14.6 Å². The lowest BCUT2D eigenvalue weighted by atomic mass is 10.1. The molecule has 2 N–H and O–H groups in total. The lowest BCUT2D eigenvalue weighted by Crippen LogP contribution is -2.40. The Bertz CT molecular complexity index is 813. The number of nitrogens with zero attached hydrogens (tertiary/aromatic N) is 1. The number of carbonyl (C=O) groups is 2. The molecule has 2 rings (SSSR count). The minimum absolute atomic E-state index is 0.140. The number of pyridine rings is 1. The normalized spacial score (nSPS) is 10.8. The van der Waals surface area contributed by atoms with Gasteiger partial charge >= 0.3 is 0 Å². The van der Waals surface area contributed by atoms with E-state index >= 15 is 0 Å². The number of amides is 2. The Morgan fingerprint density at radius 2 is 1.65 bits per heavy atom. The van der Waals surface area contributed by atoms with Crippen molar-refractivity contribution in [3.8, 4) is 11.5 Å². The molecule has 0 atom stereocenters. The van der Waals surface area contributed by atoms with Crippen LogP contribution < -0.4 is 20.1 Å². The average molecular weight is 357 g/mol. The van der Waals surface area contributed by atoms with Crippen LogP contribution in [0.2, 0.25) is 0 Å². The Labute approximate surface area is 152 Å². The molecule has 1 heterocycles. The van der Waals surface area contributed by atoms with Crippen LogP contribution >= 0.6 is 0 Å². The van der Waals surface area contributed by atoms with Crippen LogP contribution in [-0.2, 0) is 0 Å². The van der Waals surface area contributed by atoms with Crippen molar-refractivity contribution < 1.29 is 19.1 Å². The smallest absolute Gasteiger partial charge is 0.274 e. The Balaban J connectivity index is 2.18. The summed E-state index contributed by atoms with van der Waals surface area (Å²) in [5, 5.41) is 5.58. The highest BCUT2D eigenvalue weighted by Crippen LogP contribution is 2.29. The summed E-state index contributed by atoms with van der Waals surface area (Å²) in [5.41, 5.74) is 0.662. The molecule has 0 saturated heterocycles. The van der Waals surface area contributed by atoms with Gasteiger partial charge in [0.2, 0.25) is 0 Å². The highest BCUT2D eigenvalue weighted by atomic mass is 16.5. The fraction of sp³-hybridized carbons (Fsp3) is 0.316. The maximum atomic E-state index is 12.5. The third kappa shape index (κ3) is 4.95. The summed E-state index contributed by atoms with van der Waals surface area (Å²) in [6.07, 6.45) is 1.43. The minimum atomic E-state index is -0.428. The minimum Gasteiger partial charge on any atom is -0.493 e. The van der Waals surface area contributed by atoms with Crippen molar-refractivity contribution in [2.45, 2.75) is 26.3 Å². The summed E-state index contributed by atoms with van der Waals surface area (Å²) in [6, 6.07) is 8.04. The summed E-state index contributed by atoms with van der Waals surface area (Å²) < 4.78 is 10.4. The van der Waals surface area contributed by atoms with Crippen LogP contribution in [0, 0.1) is 0 Å². The molecule has 0 unspecified atom stereocenters. The molecule has 0 aliphatic rings. The van der Waals surface area contributed by atoms with Gasteiger partial charge in [0.25, 0.3) is 11.8 Å². The van der Waals surface area contributed by atoms with Gasteiger partial charge in [0.15, 0.2) is 11.5 Å². The van der Waals surface area contributed by atoms with Crippen LogP contribution in [0.4, 0.5) is 5.69 Å². The highest BCUT2D eigenvalue weighted by molar-refractivity contribution is 6.05. The number of hydrogen-bond donors (Lipinski definition) is 2. The Kier molecular flexibility index (Phi) is 5.82. The second-order valence-corrected chi connectivity index (χ2v) is 6.66. The fourth-order valence-electron chi connectivity index (χ4n) is 2.22. The second kappa shape index (κ2) is 7.86. The molecule has 0 aliphatic heterocycles. The first-order valence-corrected chi connectivity index (χ1v) is 8.05. The van der Waals surface area contributed by atoms with Gasteiger partial charge in [-0.25, -0.2) is 0 Å². The largest absolute Gasteiger partial charge is 0.493 e. The lowest BCUT2D eigenvalue weighted by molar-refractivity contribution is 0.0919. The van der Waals surface area contributed by atoms with E-state index in [-0.39, 0.29) is 17.1 Å². The van der Waals surface area contributed by atoms with Crippen LogP contribution in [0.5, 0.6) is 11.5 Å². The molecule has 138 valence electrons. The molecule has 7 heteroatoms. The van der Waals surface area contributed by atoms with E-state index in [0.717, 1.165) is 0 Å². The number of nitrogens with one attached hydrogen (secondary N) is 2. The van der Waals surface area contributed by atoms with Crippen LogP contribution in [0.1, 0.15) is 41.6 Å². The molecule has 1 aromatic carbocycles. The summed E-state index contributed by atoms with van der Waals surface area (Å²) >= 11 is 0. The summed E-state index contributed by atoms with van der Waals surface area (Å²) in [6.45, 7) is 5.66. The van der Waals surface area contributed by atoms with Gasteiger partial charge in [0.05, 0.1) is 14.2 Å². The quantitative estimate of drug-likeness (QED) is 0.859. The van der Waals surface area contributed by atoms with E-state index < -0.39 is 5.91 Å². The van der Waals surface area contributed by atoms with Gasteiger partial charge in [0, 0.05) is 29.1 Å². The number of benzene rings is 1. The van der Waals surface area contributed by atoms with Crippen LogP contribution in [0.15, 0.2) is 36.5 Å². The topological polar surface area (TPSA) is 89.5 Å². The zero-order chi connectivity index (χ0) is 19.3. The molecule has 2 amide bonds. The Hall–Kier alpha value is -3.09. The number of ether oxygens (including phenoxy) is 2. The SMILES string of the molecule is COc1ccc(NC(=O)c2cc(C(=O)NC(C)(C)C)ccn2)cc1OC. The van der Waals surface area contributed by atoms with Gasteiger partial charge in [-0.15, -0.1) is 0 Å². The van der Waals surface area contributed by atoms with Crippen molar-refractivity contribution in [2.75, 3.05) is 19.5 Å². The Morgan fingerprint density at radius 3 is 2.27 bits per heavy atom. The van der Waals surface area contributed by atoms with E-state index in [2.05, 4.69) is 15.6 Å². The number of rotatable bonds is 5. The molecule has 0 radical (unpaired) electrons. The molecule has 0 fully saturated rings. The average Bonchev–Trinajstić information content (AvgIpc) is 2.60. The first-order chi connectivity index (χ1) is 12.2. The summed E-state index contributed by atoms with van der Waals surface area (Å²) in [7, 11) is 3.05. The van der Waals surface area contributed by atoms with Gasteiger partial charge in [-0.2, -0.15) is 0 Å². The standard InChI is InChI=1S/C19H23N3O4/c1-19(2,3)22-17(23)12-8-9-20-14(10-12)18(24)21-13-6-7-15(25-4)16(11-13)26-5/h6-11H,1-5H3,(H,21,24)(H,22,23). The van der Waals surface area contributed by atoms with Crippen molar-refractivity contribution in [3.05, 3.63) is 47.8 Å². The third-order valence-electron chi connectivity index (χ3n) is 3.38. The van der Waals surface area contributed by atoms with Gasteiger partial charge in [-0.1, -0.05) is 0 Å². The van der Waals surface area contributed by atoms with Crippen LogP contribution in [-0.4, -0.2) is 36.6 Å². The molecule has 0 spiro atoms. The van der Waals surface area contributed by atoms with Crippen molar-refractivity contribution in [2.24, 2.45) is 0 Å².